The molecule has 1 heterocycles. The van der Waals surface area contributed by atoms with E-state index in [1.165, 1.54) is 6.20 Å². The largest absolute Gasteiger partial charge is 0.360 e. The van der Waals surface area contributed by atoms with E-state index in [9.17, 15) is 14.4 Å². The lowest BCUT2D eigenvalue weighted by Crippen LogP contribution is -2.39. The van der Waals surface area contributed by atoms with E-state index < -0.39 is 5.91 Å². The standard InChI is InChI=1S/C20H19N3O3/c1-13(14-7-3-2-4-8-14)23-18(24)12-22-20(26)16-11-21-17-10-6-5-9-15(17)19(16)25/h2-11,13H,12H2,1H3,(H,21,25)(H,22,26)(H,23,24). The maximum Gasteiger partial charge on any atom is 0.257 e. The highest BCUT2D eigenvalue weighted by molar-refractivity contribution is 5.98. The first-order chi connectivity index (χ1) is 12.6. The van der Waals surface area contributed by atoms with Crippen LogP contribution >= 0.6 is 0 Å². The molecule has 3 aromatic rings. The zero-order valence-electron chi connectivity index (χ0n) is 14.3. The van der Waals surface area contributed by atoms with Gasteiger partial charge in [-0.3, -0.25) is 14.4 Å². The Balaban J connectivity index is 1.63. The van der Waals surface area contributed by atoms with E-state index in [2.05, 4.69) is 15.6 Å². The number of H-pyrrole nitrogens is 1. The van der Waals surface area contributed by atoms with Crippen molar-refractivity contribution < 1.29 is 9.59 Å². The summed E-state index contributed by atoms with van der Waals surface area (Å²) in [6.45, 7) is 1.66. The molecule has 2 amide bonds. The molecule has 6 heteroatoms. The van der Waals surface area contributed by atoms with Crippen molar-refractivity contribution in [3.63, 3.8) is 0 Å². The Labute approximate surface area is 150 Å². The first kappa shape index (κ1) is 17.4. The van der Waals surface area contributed by atoms with Gasteiger partial charge in [0.25, 0.3) is 5.91 Å². The lowest BCUT2D eigenvalue weighted by molar-refractivity contribution is -0.120. The molecule has 0 radical (unpaired) electrons. The molecule has 0 aliphatic carbocycles. The highest BCUT2D eigenvalue weighted by Gasteiger charge is 2.15. The zero-order valence-corrected chi connectivity index (χ0v) is 14.3. The van der Waals surface area contributed by atoms with Gasteiger partial charge >= 0.3 is 0 Å². The summed E-state index contributed by atoms with van der Waals surface area (Å²) in [5, 5.41) is 5.73. The van der Waals surface area contributed by atoms with Crippen LogP contribution in [0.3, 0.4) is 0 Å². The predicted octanol–water partition coefficient (Wildman–Crippen LogP) is 2.14. The molecule has 0 saturated heterocycles. The lowest BCUT2D eigenvalue weighted by Gasteiger charge is -2.14. The van der Waals surface area contributed by atoms with Crippen molar-refractivity contribution in [1.29, 1.82) is 0 Å². The van der Waals surface area contributed by atoms with E-state index in [-0.39, 0.29) is 29.5 Å². The number of benzene rings is 2. The summed E-state index contributed by atoms with van der Waals surface area (Å²) in [5.41, 5.74) is 1.24. The number of carbonyl (C=O) groups excluding carboxylic acids is 2. The normalized spacial score (nSPS) is 11.7. The minimum Gasteiger partial charge on any atom is -0.360 e. The molecule has 0 aliphatic rings. The fraction of sp³-hybridized carbons (Fsp3) is 0.150. The van der Waals surface area contributed by atoms with Crippen molar-refractivity contribution in [2.45, 2.75) is 13.0 Å². The monoisotopic (exact) mass is 349 g/mol. The van der Waals surface area contributed by atoms with Crippen LogP contribution in [-0.4, -0.2) is 23.3 Å². The van der Waals surface area contributed by atoms with Crippen LogP contribution in [-0.2, 0) is 4.79 Å². The molecule has 0 bridgehead atoms. The molecule has 0 aliphatic heterocycles. The van der Waals surface area contributed by atoms with Gasteiger partial charge in [-0.15, -0.1) is 0 Å². The van der Waals surface area contributed by atoms with Crippen LogP contribution in [0.15, 0.2) is 65.6 Å². The minimum absolute atomic E-state index is 0.0207. The number of hydrogen-bond acceptors (Lipinski definition) is 3. The number of aromatic nitrogens is 1. The van der Waals surface area contributed by atoms with E-state index >= 15 is 0 Å². The Morgan fingerprint density at radius 1 is 1.04 bits per heavy atom. The summed E-state index contributed by atoms with van der Waals surface area (Å²) in [4.78, 5) is 39.6. The van der Waals surface area contributed by atoms with Crippen LogP contribution in [0.4, 0.5) is 0 Å². The number of rotatable bonds is 5. The van der Waals surface area contributed by atoms with Crippen LogP contribution < -0.4 is 16.1 Å². The van der Waals surface area contributed by atoms with E-state index in [1.54, 1.807) is 24.3 Å². The SMILES string of the molecule is CC(NC(=O)CNC(=O)c1c[nH]c2ccccc2c1=O)c1ccccc1. The molecule has 0 fully saturated rings. The molecule has 1 atom stereocenters. The third-order valence-electron chi connectivity index (χ3n) is 4.12. The number of para-hydroxylation sites is 1. The third kappa shape index (κ3) is 3.80. The number of aromatic amines is 1. The first-order valence-corrected chi connectivity index (χ1v) is 8.29. The van der Waals surface area contributed by atoms with Gasteiger partial charge in [0.2, 0.25) is 11.3 Å². The van der Waals surface area contributed by atoms with Gasteiger partial charge in [-0.05, 0) is 24.6 Å². The maximum absolute atomic E-state index is 12.4. The van der Waals surface area contributed by atoms with Crippen molar-refractivity contribution in [2.75, 3.05) is 6.54 Å². The van der Waals surface area contributed by atoms with Crippen molar-refractivity contribution >= 4 is 22.7 Å². The van der Waals surface area contributed by atoms with Gasteiger partial charge in [-0.25, -0.2) is 0 Å². The molecule has 1 aromatic heterocycles. The Bertz CT molecular complexity index is 996. The molecular formula is C20H19N3O3. The third-order valence-corrected chi connectivity index (χ3v) is 4.12. The fourth-order valence-electron chi connectivity index (χ4n) is 2.71. The average molecular weight is 349 g/mol. The summed E-state index contributed by atoms with van der Waals surface area (Å²) in [6.07, 6.45) is 1.37. The van der Waals surface area contributed by atoms with Gasteiger partial charge in [0, 0.05) is 17.1 Å². The van der Waals surface area contributed by atoms with Gasteiger partial charge in [-0.1, -0.05) is 42.5 Å². The minimum atomic E-state index is -0.584. The second kappa shape index (κ2) is 7.65. The van der Waals surface area contributed by atoms with E-state index in [4.69, 9.17) is 0 Å². The summed E-state index contributed by atoms with van der Waals surface area (Å²) < 4.78 is 0. The molecule has 3 rings (SSSR count). The van der Waals surface area contributed by atoms with Crippen LogP contribution in [0, 0.1) is 0 Å². The second-order valence-electron chi connectivity index (χ2n) is 5.96. The summed E-state index contributed by atoms with van der Waals surface area (Å²) in [6, 6.07) is 16.3. The van der Waals surface area contributed by atoms with Crippen molar-refractivity contribution in [1.82, 2.24) is 15.6 Å². The Morgan fingerprint density at radius 3 is 2.50 bits per heavy atom. The number of nitrogens with one attached hydrogen (secondary N) is 3. The number of amides is 2. The zero-order chi connectivity index (χ0) is 18.5. The fourth-order valence-corrected chi connectivity index (χ4v) is 2.71. The molecule has 132 valence electrons. The predicted molar refractivity (Wildman–Crippen MR) is 99.9 cm³/mol. The molecule has 0 saturated carbocycles. The molecule has 2 aromatic carbocycles. The average Bonchev–Trinajstić information content (AvgIpc) is 2.67. The summed E-state index contributed by atoms with van der Waals surface area (Å²) >= 11 is 0. The molecule has 6 nitrogen and oxygen atoms in total. The molecule has 26 heavy (non-hydrogen) atoms. The highest BCUT2D eigenvalue weighted by Crippen LogP contribution is 2.10. The smallest absolute Gasteiger partial charge is 0.257 e. The summed E-state index contributed by atoms with van der Waals surface area (Å²) in [5.74, 6) is -0.911. The van der Waals surface area contributed by atoms with Crippen molar-refractivity contribution in [3.05, 3.63) is 82.1 Å². The lowest BCUT2D eigenvalue weighted by atomic mass is 10.1. The first-order valence-electron chi connectivity index (χ1n) is 8.29. The number of fused-ring (bicyclic) bond motifs is 1. The van der Waals surface area contributed by atoms with Gasteiger partial charge in [-0.2, -0.15) is 0 Å². The Kier molecular flexibility index (Phi) is 5.12. The van der Waals surface area contributed by atoms with Crippen molar-refractivity contribution in [3.8, 4) is 0 Å². The van der Waals surface area contributed by atoms with Gasteiger partial charge in [0.15, 0.2) is 0 Å². The van der Waals surface area contributed by atoms with E-state index in [1.807, 2.05) is 37.3 Å². The van der Waals surface area contributed by atoms with Gasteiger partial charge < -0.3 is 15.6 Å². The Morgan fingerprint density at radius 2 is 1.73 bits per heavy atom. The quantitative estimate of drug-likeness (QED) is 0.659. The van der Waals surface area contributed by atoms with Gasteiger partial charge in [0.05, 0.1) is 12.6 Å². The molecule has 3 N–H and O–H groups in total. The highest BCUT2D eigenvalue weighted by atomic mass is 16.2. The molecule has 0 spiro atoms. The molecule has 1 unspecified atom stereocenters. The van der Waals surface area contributed by atoms with Crippen LogP contribution in [0.25, 0.3) is 10.9 Å². The number of hydrogen-bond donors (Lipinski definition) is 3. The summed E-state index contributed by atoms with van der Waals surface area (Å²) in [7, 11) is 0. The van der Waals surface area contributed by atoms with E-state index in [0.29, 0.717) is 10.9 Å². The van der Waals surface area contributed by atoms with Crippen molar-refractivity contribution in [2.24, 2.45) is 0 Å². The van der Waals surface area contributed by atoms with Crippen LogP contribution in [0.5, 0.6) is 0 Å². The van der Waals surface area contributed by atoms with E-state index in [0.717, 1.165) is 5.56 Å². The Hall–Kier alpha value is -3.41. The topological polar surface area (TPSA) is 91.1 Å². The van der Waals surface area contributed by atoms with Crippen LogP contribution in [0.1, 0.15) is 28.9 Å². The maximum atomic E-state index is 12.4. The molecular weight excluding hydrogens is 330 g/mol. The van der Waals surface area contributed by atoms with Crippen LogP contribution in [0.2, 0.25) is 0 Å². The number of pyridine rings is 1. The number of carbonyl (C=O) groups is 2. The second-order valence-corrected chi connectivity index (χ2v) is 5.96. The van der Waals surface area contributed by atoms with Gasteiger partial charge in [0.1, 0.15) is 5.56 Å².